The van der Waals surface area contributed by atoms with E-state index in [1.165, 1.54) is 84.3 Å². The lowest BCUT2D eigenvalue weighted by atomic mass is 10.0. The molecule has 3 nitrogen and oxygen atoms in total. The van der Waals surface area contributed by atoms with E-state index in [4.69, 9.17) is 0 Å². The summed E-state index contributed by atoms with van der Waals surface area (Å²) in [6.45, 7) is 11.3. The van der Waals surface area contributed by atoms with Crippen LogP contribution in [0.3, 0.4) is 0 Å². The number of likely N-dealkylation sites (tertiary alicyclic amines) is 1. The van der Waals surface area contributed by atoms with Crippen molar-refractivity contribution in [2.24, 2.45) is 0 Å². The van der Waals surface area contributed by atoms with Gasteiger partial charge in [0, 0.05) is 19.1 Å². The fourth-order valence-electron chi connectivity index (χ4n) is 3.39. The predicted molar refractivity (Wildman–Crippen MR) is 78.0 cm³/mol. The zero-order chi connectivity index (χ0) is 12.6. The van der Waals surface area contributed by atoms with E-state index in [0.717, 1.165) is 6.04 Å². The molecule has 0 bridgehead atoms. The quantitative estimate of drug-likeness (QED) is 0.780. The van der Waals surface area contributed by atoms with Crippen LogP contribution < -0.4 is 5.32 Å². The Morgan fingerprint density at radius 1 is 1.06 bits per heavy atom. The largest absolute Gasteiger partial charge is 0.317 e. The highest BCUT2D eigenvalue weighted by atomic mass is 15.2. The van der Waals surface area contributed by atoms with E-state index in [1.54, 1.807) is 0 Å². The van der Waals surface area contributed by atoms with Gasteiger partial charge in [-0.1, -0.05) is 13.3 Å². The van der Waals surface area contributed by atoms with Crippen molar-refractivity contribution in [2.45, 2.75) is 51.5 Å². The molecule has 3 heteroatoms. The summed E-state index contributed by atoms with van der Waals surface area (Å²) in [5.41, 5.74) is 0. The van der Waals surface area contributed by atoms with E-state index in [0.29, 0.717) is 0 Å². The SMILES string of the molecule is CCCN(CCN1CCCCC1)C1CCNCC1. The van der Waals surface area contributed by atoms with Gasteiger partial charge in [0.25, 0.3) is 0 Å². The normalized spacial score (nSPS) is 23.7. The topological polar surface area (TPSA) is 18.5 Å². The predicted octanol–water partition coefficient (Wildman–Crippen LogP) is 1.94. The molecule has 0 spiro atoms. The fourth-order valence-corrected chi connectivity index (χ4v) is 3.39. The maximum Gasteiger partial charge on any atom is 0.0120 e. The Labute approximate surface area is 113 Å². The monoisotopic (exact) mass is 253 g/mol. The molecule has 2 aliphatic heterocycles. The first-order valence-electron chi connectivity index (χ1n) is 8.07. The molecule has 0 amide bonds. The maximum atomic E-state index is 3.48. The molecule has 2 saturated heterocycles. The third-order valence-corrected chi connectivity index (χ3v) is 4.49. The molecule has 2 heterocycles. The average molecular weight is 253 g/mol. The van der Waals surface area contributed by atoms with Gasteiger partial charge in [0.1, 0.15) is 0 Å². The Balaban J connectivity index is 1.73. The molecule has 0 unspecified atom stereocenters. The Morgan fingerprint density at radius 3 is 2.44 bits per heavy atom. The first kappa shape index (κ1) is 14.3. The van der Waals surface area contributed by atoms with Crippen LogP contribution in [0, 0.1) is 0 Å². The summed E-state index contributed by atoms with van der Waals surface area (Å²) in [4.78, 5) is 5.43. The summed E-state index contributed by atoms with van der Waals surface area (Å²) in [6.07, 6.45) is 8.27. The first-order chi connectivity index (χ1) is 8.90. The summed E-state index contributed by atoms with van der Waals surface area (Å²) >= 11 is 0. The second-order valence-corrected chi connectivity index (χ2v) is 5.92. The minimum absolute atomic E-state index is 0.844. The second-order valence-electron chi connectivity index (χ2n) is 5.92. The van der Waals surface area contributed by atoms with Gasteiger partial charge in [0.05, 0.1) is 0 Å². The van der Waals surface area contributed by atoms with Crippen molar-refractivity contribution in [2.75, 3.05) is 45.8 Å². The van der Waals surface area contributed by atoms with E-state index in [9.17, 15) is 0 Å². The third-order valence-electron chi connectivity index (χ3n) is 4.49. The molecule has 0 saturated carbocycles. The summed E-state index contributed by atoms with van der Waals surface area (Å²) in [5, 5.41) is 3.48. The minimum atomic E-state index is 0.844. The lowest BCUT2D eigenvalue weighted by molar-refractivity contribution is 0.129. The van der Waals surface area contributed by atoms with Gasteiger partial charge in [0.15, 0.2) is 0 Å². The van der Waals surface area contributed by atoms with Gasteiger partial charge in [-0.25, -0.2) is 0 Å². The number of piperidine rings is 2. The molecule has 0 atom stereocenters. The standard InChI is InChI=1S/C15H31N3/c1-2-10-18(15-6-8-16-9-7-15)14-13-17-11-4-3-5-12-17/h15-16H,2-14H2,1H3. The molecule has 2 fully saturated rings. The molecule has 2 rings (SSSR count). The van der Waals surface area contributed by atoms with Gasteiger partial charge in [-0.05, 0) is 64.8 Å². The molecule has 0 radical (unpaired) electrons. The van der Waals surface area contributed by atoms with Crippen molar-refractivity contribution in [3.8, 4) is 0 Å². The Bertz CT molecular complexity index is 208. The van der Waals surface area contributed by atoms with E-state index in [2.05, 4.69) is 22.0 Å². The van der Waals surface area contributed by atoms with Crippen LogP contribution in [0.2, 0.25) is 0 Å². The highest BCUT2D eigenvalue weighted by Gasteiger charge is 2.21. The molecular formula is C15H31N3. The van der Waals surface area contributed by atoms with Gasteiger partial charge >= 0.3 is 0 Å². The number of rotatable bonds is 6. The van der Waals surface area contributed by atoms with E-state index in [-0.39, 0.29) is 0 Å². The van der Waals surface area contributed by atoms with Crippen LogP contribution in [0.15, 0.2) is 0 Å². The molecule has 0 aliphatic carbocycles. The maximum absolute atomic E-state index is 3.48. The van der Waals surface area contributed by atoms with Crippen LogP contribution >= 0.6 is 0 Å². The molecule has 1 N–H and O–H groups in total. The van der Waals surface area contributed by atoms with Crippen molar-refractivity contribution in [1.82, 2.24) is 15.1 Å². The van der Waals surface area contributed by atoms with Crippen molar-refractivity contribution in [3.05, 3.63) is 0 Å². The highest BCUT2D eigenvalue weighted by molar-refractivity contribution is 4.78. The lowest BCUT2D eigenvalue weighted by Gasteiger charge is -2.36. The second kappa shape index (κ2) is 8.13. The Hall–Kier alpha value is -0.120. The van der Waals surface area contributed by atoms with Crippen molar-refractivity contribution in [3.63, 3.8) is 0 Å². The molecule has 0 aromatic rings. The number of hydrogen-bond donors (Lipinski definition) is 1. The molecule has 0 aromatic heterocycles. The van der Waals surface area contributed by atoms with Crippen LogP contribution in [0.5, 0.6) is 0 Å². The Morgan fingerprint density at radius 2 is 1.78 bits per heavy atom. The Kier molecular flexibility index (Phi) is 6.46. The van der Waals surface area contributed by atoms with Crippen LogP contribution in [0.25, 0.3) is 0 Å². The third kappa shape index (κ3) is 4.52. The zero-order valence-electron chi connectivity index (χ0n) is 12.2. The number of nitrogens with one attached hydrogen (secondary N) is 1. The molecule has 0 aromatic carbocycles. The molecule has 2 aliphatic rings. The zero-order valence-corrected chi connectivity index (χ0v) is 12.2. The van der Waals surface area contributed by atoms with Crippen molar-refractivity contribution in [1.29, 1.82) is 0 Å². The minimum Gasteiger partial charge on any atom is -0.317 e. The number of nitrogens with zero attached hydrogens (tertiary/aromatic N) is 2. The summed E-state index contributed by atoms with van der Waals surface area (Å²) in [5.74, 6) is 0. The molecule has 18 heavy (non-hydrogen) atoms. The highest BCUT2D eigenvalue weighted by Crippen LogP contribution is 2.13. The lowest BCUT2D eigenvalue weighted by Crippen LogP contribution is -2.46. The van der Waals surface area contributed by atoms with E-state index < -0.39 is 0 Å². The van der Waals surface area contributed by atoms with Crippen LogP contribution in [-0.2, 0) is 0 Å². The number of hydrogen-bond acceptors (Lipinski definition) is 3. The summed E-state index contributed by atoms with van der Waals surface area (Å²) < 4.78 is 0. The molecular weight excluding hydrogens is 222 g/mol. The van der Waals surface area contributed by atoms with Gasteiger partial charge in [-0.15, -0.1) is 0 Å². The summed E-state index contributed by atoms with van der Waals surface area (Å²) in [6, 6.07) is 0.844. The van der Waals surface area contributed by atoms with Crippen molar-refractivity contribution >= 4 is 0 Å². The van der Waals surface area contributed by atoms with E-state index >= 15 is 0 Å². The fraction of sp³-hybridized carbons (Fsp3) is 1.00. The molecule has 106 valence electrons. The summed E-state index contributed by atoms with van der Waals surface area (Å²) in [7, 11) is 0. The smallest absolute Gasteiger partial charge is 0.0120 e. The van der Waals surface area contributed by atoms with Gasteiger partial charge in [0.2, 0.25) is 0 Å². The van der Waals surface area contributed by atoms with Gasteiger partial charge in [-0.3, -0.25) is 4.90 Å². The average Bonchev–Trinajstić information content (AvgIpc) is 2.45. The van der Waals surface area contributed by atoms with Crippen LogP contribution in [-0.4, -0.2) is 61.7 Å². The van der Waals surface area contributed by atoms with E-state index in [1.807, 2.05) is 0 Å². The van der Waals surface area contributed by atoms with Crippen LogP contribution in [0.1, 0.15) is 45.4 Å². The first-order valence-corrected chi connectivity index (χ1v) is 8.07. The van der Waals surface area contributed by atoms with Gasteiger partial charge in [-0.2, -0.15) is 0 Å². The van der Waals surface area contributed by atoms with Crippen molar-refractivity contribution < 1.29 is 0 Å². The van der Waals surface area contributed by atoms with Gasteiger partial charge < -0.3 is 10.2 Å². The van der Waals surface area contributed by atoms with Crippen LogP contribution in [0.4, 0.5) is 0 Å².